The van der Waals surface area contributed by atoms with Crippen molar-refractivity contribution >= 4 is 6.29 Å². The molecule has 1 fully saturated rings. The van der Waals surface area contributed by atoms with Gasteiger partial charge in [0.2, 0.25) is 0 Å². The lowest BCUT2D eigenvalue weighted by atomic mass is 9.99. The Morgan fingerprint density at radius 1 is 1.47 bits per heavy atom. The van der Waals surface area contributed by atoms with E-state index in [9.17, 15) is 14.0 Å². The van der Waals surface area contributed by atoms with Gasteiger partial charge in [0.1, 0.15) is 5.67 Å². The number of rotatable bonds is 4. The van der Waals surface area contributed by atoms with Gasteiger partial charge in [0, 0.05) is 32.4 Å². The molecule has 0 spiro atoms. The van der Waals surface area contributed by atoms with Gasteiger partial charge in [-0.25, -0.2) is 4.39 Å². The molecule has 0 bridgehead atoms. The molecule has 0 N–H and O–H groups in total. The standard InChI is InChI=1S/C12H15FN2O2/c1-12(13)8-14(9-12)5-6-15-4-2-3-10(7-16)11(15)17/h2-4,7H,5-6,8-9H2,1H3. The number of aldehydes is 1. The van der Waals surface area contributed by atoms with Gasteiger partial charge in [-0.1, -0.05) is 0 Å². The highest BCUT2D eigenvalue weighted by Gasteiger charge is 2.38. The van der Waals surface area contributed by atoms with Crippen molar-refractivity contribution in [3.05, 3.63) is 34.2 Å². The van der Waals surface area contributed by atoms with Crippen LogP contribution in [-0.2, 0) is 6.54 Å². The molecule has 1 aromatic rings. The second-order valence-corrected chi connectivity index (χ2v) is 4.70. The molecule has 0 saturated carbocycles. The monoisotopic (exact) mass is 238 g/mol. The molecule has 17 heavy (non-hydrogen) atoms. The number of hydrogen-bond donors (Lipinski definition) is 0. The van der Waals surface area contributed by atoms with E-state index in [0.29, 0.717) is 32.5 Å². The van der Waals surface area contributed by atoms with Crippen molar-refractivity contribution in [3.8, 4) is 0 Å². The van der Waals surface area contributed by atoms with E-state index in [-0.39, 0.29) is 11.1 Å². The van der Waals surface area contributed by atoms with Crippen LogP contribution in [0, 0.1) is 0 Å². The molecule has 92 valence electrons. The van der Waals surface area contributed by atoms with Gasteiger partial charge in [-0.15, -0.1) is 0 Å². The maximum Gasteiger partial charge on any atom is 0.261 e. The minimum absolute atomic E-state index is 0.159. The van der Waals surface area contributed by atoms with Crippen LogP contribution in [0.15, 0.2) is 23.1 Å². The van der Waals surface area contributed by atoms with E-state index in [4.69, 9.17) is 0 Å². The molecule has 1 aromatic heterocycles. The van der Waals surface area contributed by atoms with Crippen molar-refractivity contribution in [2.75, 3.05) is 19.6 Å². The van der Waals surface area contributed by atoms with Gasteiger partial charge >= 0.3 is 0 Å². The number of likely N-dealkylation sites (tertiary alicyclic amines) is 1. The number of hydrogen-bond acceptors (Lipinski definition) is 3. The third-order valence-electron chi connectivity index (χ3n) is 2.94. The van der Waals surface area contributed by atoms with Crippen LogP contribution in [-0.4, -0.2) is 41.1 Å². The molecule has 2 rings (SSSR count). The lowest BCUT2D eigenvalue weighted by molar-refractivity contribution is -0.0189. The van der Waals surface area contributed by atoms with Crippen LogP contribution in [0.1, 0.15) is 17.3 Å². The minimum Gasteiger partial charge on any atom is -0.314 e. The largest absolute Gasteiger partial charge is 0.314 e. The summed E-state index contributed by atoms with van der Waals surface area (Å²) >= 11 is 0. The zero-order valence-electron chi connectivity index (χ0n) is 9.73. The van der Waals surface area contributed by atoms with Gasteiger partial charge in [0.15, 0.2) is 6.29 Å². The summed E-state index contributed by atoms with van der Waals surface area (Å²) in [5, 5.41) is 0. The van der Waals surface area contributed by atoms with Gasteiger partial charge in [0.25, 0.3) is 5.56 Å². The summed E-state index contributed by atoms with van der Waals surface area (Å²) in [6.07, 6.45) is 2.20. The molecule has 0 radical (unpaired) electrons. The molecule has 0 unspecified atom stereocenters. The highest BCUT2D eigenvalue weighted by atomic mass is 19.1. The SMILES string of the molecule is CC1(F)CN(CCn2cccc(C=O)c2=O)C1. The predicted molar refractivity (Wildman–Crippen MR) is 62.0 cm³/mol. The van der Waals surface area contributed by atoms with Gasteiger partial charge < -0.3 is 4.57 Å². The van der Waals surface area contributed by atoms with E-state index in [1.54, 1.807) is 19.2 Å². The fourth-order valence-electron chi connectivity index (χ4n) is 2.11. The van der Waals surface area contributed by atoms with Gasteiger partial charge in [-0.2, -0.15) is 0 Å². The molecule has 0 amide bonds. The van der Waals surface area contributed by atoms with E-state index >= 15 is 0 Å². The van der Waals surface area contributed by atoms with E-state index in [1.165, 1.54) is 10.6 Å². The van der Waals surface area contributed by atoms with Crippen LogP contribution in [0.25, 0.3) is 0 Å². The van der Waals surface area contributed by atoms with Crippen molar-refractivity contribution < 1.29 is 9.18 Å². The fraction of sp³-hybridized carbons (Fsp3) is 0.500. The summed E-state index contributed by atoms with van der Waals surface area (Å²) in [5.74, 6) is 0. The minimum atomic E-state index is -1.09. The number of carbonyl (C=O) groups is 1. The first-order valence-electron chi connectivity index (χ1n) is 5.58. The van der Waals surface area contributed by atoms with E-state index in [0.717, 1.165) is 0 Å². The average Bonchev–Trinajstić information content (AvgIpc) is 2.25. The first-order valence-corrected chi connectivity index (χ1v) is 5.58. The molecule has 1 saturated heterocycles. The highest BCUT2D eigenvalue weighted by molar-refractivity contribution is 5.73. The van der Waals surface area contributed by atoms with Gasteiger partial charge in [0.05, 0.1) is 5.56 Å². The van der Waals surface area contributed by atoms with Crippen molar-refractivity contribution in [2.45, 2.75) is 19.1 Å². The second-order valence-electron chi connectivity index (χ2n) is 4.70. The van der Waals surface area contributed by atoms with E-state index in [1.807, 2.05) is 4.90 Å². The van der Waals surface area contributed by atoms with Crippen LogP contribution >= 0.6 is 0 Å². The van der Waals surface area contributed by atoms with Crippen LogP contribution < -0.4 is 5.56 Å². The van der Waals surface area contributed by atoms with Crippen molar-refractivity contribution in [1.29, 1.82) is 0 Å². The molecular formula is C12H15FN2O2. The third kappa shape index (κ3) is 2.61. The Morgan fingerprint density at radius 3 is 2.76 bits per heavy atom. The normalized spacial score (nSPS) is 18.7. The zero-order valence-corrected chi connectivity index (χ0v) is 9.73. The summed E-state index contributed by atoms with van der Waals surface area (Å²) in [6.45, 7) is 3.51. The quantitative estimate of drug-likeness (QED) is 0.725. The number of halogens is 1. The van der Waals surface area contributed by atoms with Crippen LogP contribution in [0.5, 0.6) is 0 Å². The lowest BCUT2D eigenvalue weighted by Gasteiger charge is -2.42. The van der Waals surface area contributed by atoms with Crippen molar-refractivity contribution in [3.63, 3.8) is 0 Å². The predicted octanol–water partition coefficient (Wildman–Crippen LogP) is 0.705. The number of alkyl halides is 1. The average molecular weight is 238 g/mol. The summed E-state index contributed by atoms with van der Waals surface area (Å²) in [6, 6.07) is 3.16. The molecule has 1 aliphatic rings. The first kappa shape index (κ1) is 12.0. The Labute approximate surface area is 98.7 Å². The summed E-state index contributed by atoms with van der Waals surface area (Å²) in [4.78, 5) is 24.2. The second kappa shape index (κ2) is 4.41. The molecule has 0 atom stereocenters. The number of carbonyl (C=O) groups excluding carboxylic acids is 1. The lowest BCUT2D eigenvalue weighted by Crippen LogP contribution is -2.57. The van der Waals surface area contributed by atoms with E-state index < -0.39 is 5.67 Å². The first-order chi connectivity index (χ1) is 8.02. The topological polar surface area (TPSA) is 42.3 Å². The number of nitrogens with zero attached hydrogens (tertiary/aromatic N) is 2. The van der Waals surface area contributed by atoms with Crippen LogP contribution in [0.4, 0.5) is 4.39 Å². The van der Waals surface area contributed by atoms with Gasteiger partial charge in [-0.05, 0) is 19.1 Å². The molecule has 0 aromatic carbocycles. The molecule has 5 heteroatoms. The molecule has 0 aliphatic carbocycles. The van der Waals surface area contributed by atoms with Gasteiger partial charge in [-0.3, -0.25) is 14.5 Å². The Kier molecular flexibility index (Phi) is 3.11. The summed E-state index contributed by atoms with van der Waals surface area (Å²) in [5.41, 5.74) is -1.22. The number of aromatic nitrogens is 1. The summed E-state index contributed by atoms with van der Waals surface area (Å²) in [7, 11) is 0. The number of pyridine rings is 1. The van der Waals surface area contributed by atoms with Crippen molar-refractivity contribution in [1.82, 2.24) is 9.47 Å². The Bertz CT molecular complexity index is 474. The van der Waals surface area contributed by atoms with Crippen LogP contribution in [0.2, 0.25) is 0 Å². The maximum absolute atomic E-state index is 13.2. The maximum atomic E-state index is 13.2. The summed E-state index contributed by atoms with van der Waals surface area (Å²) < 4.78 is 14.7. The van der Waals surface area contributed by atoms with Crippen molar-refractivity contribution in [2.24, 2.45) is 0 Å². The smallest absolute Gasteiger partial charge is 0.261 e. The third-order valence-corrected chi connectivity index (χ3v) is 2.94. The zero-order chi connectivity index (χ0) is 12.5. The molecule has 1 aliphatic heterocycles. The Balaban J connectivity index is 1.96. The molecular weight excluding hydrogens is 223 g/mol. The Morgan fingerprint density at radius 2 is 2.18 bits per heavy atom. The molecule has 4 nitrogen and oxygen atoms in total. The molecule has 2 heterocycles. The van der Waals surface area contributed by atoms with E-state index in [2.05, 4.69) is 0 Å². The van der Waals surface area contributed by atoms with Crippen LogP contribution in [0.3, 0.4) is 0 Å². The fourth-order valence-corrected chi connectivity index (χ4v) is 2.11. The Hall–Kier alpha value is -1.49. The highest BCUT2D eigenvalue weighted by Crippen LogP contribution is 2.23.